The van der Waals surface area contributed by atoms with E-state index in [-0.39, 0.29) is 23.7 Å². The van der Waals surface area contributed by atoms with Gasteiger partial charge in [-0.1, -0.05) is 60.7 Å². The first-order valence-corrected chi connectivity index (χ1v) is 11.0. The van der Waals surface area contributed by atoms with Gasteiger partial charge in [0.25, 0.3) is 0 Å². The van der Waals surface area contributed by atoms with Crippen molar-refractivity contribution < 1.29 is 9.59 Å². The molecule has 0 saturated heterocycles. The third-order valence-corrected chi connectivity index (χ3v) is 6.28. The van der Waals surface area contributed by atoms with Crippen molar-refractivity contribution in [2.45, 2.75) is 51.2 Å². The Kier molecular flexibility index (Phi) is 6.44. The Hall–Kier alpha value is -2.72. The molecule has 1 aliphatic heterocycles. The Morgan fingerprint density at radius 1 is 1.00 bits per heavy atom. The van der Waals surface area contributed by atoms with Crippen molar-refractivity contribution >= 4 is 11.7 Å². The minimum Gasteiger partial charge on any atom is -0.330 e. The molecule has 1 heterocycles. The van der Waals surface area contributed by atoms with E-state index in [4.69, 9.17) is 5.73 Å². The van der Waals surface area contributed by atoms with Crippen molar-refractivity contribution in [3.8, 4) is 0 Å². The molecule has 1 fully saturated rings. The normalized spacial score (nSPS) is 17.7. The number of Topliss-reactive ketones (excluding diaryl/α,β-unsaturated/α-hetero) is 1. The minimum atomic E-state index is -0.346. The topological polar surface area (TPSA) is 63.4 Å². The molecule has 0 spiro atoms. The number of fused-ring (bicyclic) bond motifs is 1. The van der Waals surface area contributed by atoms with Gasteiger partial charge in [-0.05, 0) is 60.3 Å². The van der Waals surface area contributed by atoms with E-state index in [1.807, 2.05) is 41.3 Å². The predicted octanol–water partition coefficient (Wildman–Crippen LogP) is 4.03. The highest BCUT2D eigenvalue weighted by molar-refractivity contribution is 5.88. The van der Waals surface area contributed by atoms with Crippen molar-refractivity contribution in [1.29, 1.82) is 0 Å². The Balaban J connectivity index is 1.39. The van der Waals surface area contributed by atoms with Crippen molar-refractivity contribution in [1.82, 2.24) is 4.90 Å². The van der Waals surface area contributed by atoms with E-state index in [0.29, 0.717) is 25.4 Å². The Morgan fingerprint density at radius 3 is 2.27 bits per heavy atom. The highest BCUT2D eigenvalue weighted by Gasteiger charge is 2.33. The summed E-state index contributed by atoms with van der Waals surface area (Å²) in [6.45, 7) is 1.30. The lowest BCUT2D eigenvalue weighted by atomic mass is 9.91. The van der Waals surface area contributed by atoms with Crippen molar-refractivity contribution in [2.24, 2.45) is 17.6 Å². The zero-order valence-electron chi connectivity index (χ0n) is 17.4. The number of carbonyl (C=O) groups excluding carboxylic acids is 2. The Bertz CT molecular complexity index is 893. The van der Waals surface area contributed by atoms with E-state index in [0.717, 1.165) is 25.7 Å². The molecule has 2 N–H and O–H groups in total. The molecule has 0 unspecified atom stereocenters. The average Bonchev–Trinajstić information content (AvgIpc) is 3.53. The van der Waals surface area contributed by atoms with Crippen LogP contribution in [0.4, 0.5) is 0 Å². The van der Waals surface area contributed by atoms with Gasteiger partial charge in [-0.15, -0.1) is 0 Å². The van der Waals surface area contributed by atoms with Crippen molar-refractivity contribution in [3.05, 3.63) is 83.4 Å². The van der Waals surface area contributed by atoms with Crippen LogP contribution in [0.5, 0.6) is 0 Å². The molecule has 2 aliphatic rings. The predicted molar refractivity (Wildman–Crippen MR) is 118 cm³/mol. The number of ketones is 1. The van der Waals surface area contributed by atoms with Crippen LogP contribution in [-0.4, -0.2) is 22.6 Å². The largest absolute Gasteiger partial charge is 0.330 e. The maximum atomic E-state index is 12.8. The minimum absolute atomic E-state index is 0.00912. The van der Waals surface area contributed by atoms with Crippen LogP contribution in [-0.2, 0) is 29.1 Å². The van der Waals surface area contributed by atoms with Gasteiger partial charge in [0.05, 0.1) is 6.04 Å². The monoisotopic (exact) mass is 402 g/mol. The molecule has 30 heavy (non-hydrogen) atoms. The maximum absolute atomic E-state index is 12.8. The first-order valence-electron chi connectivity index (χ1n) is 11.0. The van der Waals surface area contributed by atoms with Crippen molar-refractivity contribution in [2.75, 3.05) is 0 Å². The second kappa shape index (κ2) is 9.40. The molecular weight excluding hydrogens is 372 g/mol. The molecule has 0 radical (unpaired) electrons. The van der Waals surface area contributed by atoms with E-state index < -0.39 is 0 Å². The number of nitrogens with zero attached hydrogens (tertiary/aromatic N) is 1. The van der Waals surface area contributed by atoms with Crippen LogP contribution in [0, 0.1) is 11.8 Å². The van der Waals surface area contributed by atoms with Gasteiger partial charge in [0.15, 0.2) is 0 Å². The Morgan fingerprint density at radius 2 is 1.63 bits per heavy atom. The number of hydrogen-bond acceptors (Lipinski definition) is 3. The van der Waals surface area contributed by atoms with E-state index >= 15 is 0 Å². The number of nitrogens with two attached hydrogens (primary N) is 1. The number of hydrogen-bond donors (Lipinski definition) is 1. The number of carbonyl (C=O) groups is 2. The van der Waals surface area contributed by atoms with E-state index in [9.17, 15) is 9.59 Å². The summed E-state index contributed by atoms with van der Waals surface area (Å²) >= 11 is 0. The van der Waals surface area contributed by atoms with Gasteiger partial charge in [-0.2, -0.15) is 0 Å². The van der Waals surface area contributed by atoms with Gasteiger partial charge in [0.2, 0.25) is 5.91 Å². The summed E-state index contributed by atoms with van der Waals surface area (Å²) in [5, 5.41) is 0. The summed E-state index contributed by atoms with van der Waals surface area (Å²) in [5.41, 5.74) is 9.81. The van der Waals surface area contributed by atoms with Gasteiger partial charge < -0.3 is 10.6 Å². The van der Waals surface area contributed by atoms with E-state index in [2.05, 4.69) is 24.3 Å². The summed E-state index contributed by atoms with van der Waals surface area (Å²) in [4.78, 5) is 27.3. The van der Waals surface area contributed by atoms with Gasteiger partial charge >= 0.3 is 0 Å². The highest BCUT2D eigenvalue weighted by Crippen LogP contribution is 2.33. The van der Waals surface area contributed by atoms with Gasteiger partial charge in [-0.3, -0.25) is 9.59 Å². The molecule has 0 aromatic heterocycles. The fourth-order valence-corrected chi connectivity index (χ4v) is 4.19. The van der Waals surface area contributed by atoms with Gasteiger partial charge in [-0.25, -0.2) is 0 Å². The molecule has 4 nitrogen and oxygen atoms in total. The molecule has 1 amide bonds. The second-order valence-corrected chi connectivity index (χ2v) is 8.64. The number of allylic oxidation sites excluding steroid dienone is 1. The number of benzene rings is 2. The van der Waals surface area contributed by atoms with Crippen LogP contribution in [0.3, 0.4) is 0 Å². The summed E-state index contributed by atoms with van der Waals surface area (Å²) in [6, 6.07) is 18.1. The molecule has 1 aliphatic carbocycles. The lowest BCUT2D eigenvalue weighted by Gasteiger charge is -2.17. The zero-order chi connectivity index (χ0) is 20.9. The quantitative estimate of drug-likeness (QED) is 0.644. The van der Waals surface area contributed by atoms with Crippen LogP contribution in [0.25, 0.3) is 0 Å². The number of rotatable bonds is 9. The van der Waals surface area contributed by atoms with Crippen LogP contribution in [0.2, 0.25) is 0 Å². The van der Waals surface area contributed by atoms with Gasteiger partial charge in [0.1, 0.15) is 5.78 Å². The summed E-state index contributed by atoms with van der Waals surface area (Å²) < 4.78 is 0. The summed E-state index contributed by atoms with van der Waals surface area (Å²) in [6.07, 6.45) is 7.84. The smallest absolute Gasteiger partial charge is 0.246 e. The van der Waals surface area contributed by atoms with E-state index in [1.165, 1.54) is 16.7 Å². The molecule has 4 rings (SSSR count). The molecule has 4 heteroatoms. The molecule has 0 bridgehead atoms. The van der Waals surface area contributed by atoms with Gasteiger partial charge in [0, 0.05) is 19.5 Å². The fourth-order valence-electron chi connectivity index (χ4n) is 4.19. The fraction of sp³-hybridized carbons (Fsp3) is 0.385. The number of amides is 1. The molecule has 1 saturated carbocycles. The van der Waals surface area contributed by atoms with Crippen LogP contribution < -0.4 is 5.73 Å². The SMILES string of the molecule is N[C@H](C(=O)C[C@H](/C=C/C(=O)N1Cc2ccccc2C1)CCc1ccccc1)C1CC1. The lowest BCUT2D eigenvalue weighted by molar-refractivity contribution is -0.126. The zero-order valence-corrected chi connectivity index (χ0v) is 17.4. The molecule has 2 aromatic carbocycles. The van der Waals surface area contributed by atoms with Crippen molar-refractivity contribution in [3.63, 3.8) is 0 Å². The van der Waals surface area contributed by atoms with E-state index in [1.54, 1.807) is 6.08 Å². The molecular formula is C26H30N2O2. The molecule has 2 atom stereocenters. The van der Waals surface area contributed by atoms with Crippen LogP contribution in [0.1, 0.15) is 42.4 Å². The first kappa shape index (κ1) is 20.5. The third kappa shape index (κ3) is 5.25. The highest BCUT2D eigenvalue weighted by atomic mass is 16.2. The lowest BCUT2D eigenvalue weighted by Crippen LogP contribution is -2.33. The third-order valence-electron chi connectivity index (χ3n) is 6.28. The number of aryl methyl sites for hydroxylation is 1. The Labute approximate surface area is 178 Å². The second-order valence-electron chi connectivity index (χ2n) is 8.64. The summed E-state index contributed by atoms with van der Waals surface area (Å²) in [5.74, 6) is 0.522. The standard InChI is InChI=1S/C26H30N2O2/c27-26(21-13-14-21)24(29)16-20(11-10-19-6-2-1-3-7-19)12-15-25(30)28-17-22-8-4-5-9-23(22)18-28/h1-9,12,15,20-21,26H,10-11,13-14,16-18,27H2/b15-12+/t20-,26-/m0/s1. The first-order chi connectivity index (χ1) is 14.6. The molecule has 156 valence electrons. The maximum Gasteiger partial charge on any atom is 0.246 e. The summed E-state index contributed by atoms with van der Waals surface area (Å²) in [7, 11) is 0. The molecule has 2 aromatic rings. The van der Waals surface area contributed by atoms with Crippen LogP contribution >= 0.6 is 0 Å². The average molecular weight is 403 g/mol. The van der Waals surface area contributed by atoms with Crippen LogP contribution in [0.15, 0.2) is 66.7 Å².